The van der Waals surface area contributed by atoms with Gasteiger partial charge in [-0.1, -0.05) is 49.0 Å². The van der Waals surface area contributed by atoms with E-state index in [9.17, 15) is 0 Å². The summed E-state index contributed by atoms with van der Waals surface area (Å²) in [7, 11) is 0. The number of piperidine rings is 1. The van der Waals surface area contributed by atoms with Crippen molar-refractivity contribution in [3.05, 3.63) is 41.5 Å². The predicted molar refractivity (Wildman–Crippen MR) is 133 cm³/mol. The molecule has 4 heterocycles. The minimum absolute atomic E-state index is 0.800. The zero-order chi connectivity index (χ0) is 20.9. The number of benzene rings is 1. The first kappa shape index (κ1) is 19.5. The molecular formula is C25H26N4S2. The normalized spacial score (nSPS) is 17.0. The standard InChI is InChI=1S/C25H26N4S2/c1-15-11-13-29(14-12-15)23-22-21(27-25(28-23)30-2)19-17-9-6-10-18(17)20(26-24(19)31-22)16-7-4-3-5-8-16/h3-5,7-8,15H,6,9-14H2,1-2H3. The molecule has 158 valence electrons. The number of nitrogens with zero attached hydrogens (tertiary/aromatic N) is 4. The highest BCUT2D eigenvalue weighted by molar-refractivity contribution is 7.98. The Bertz CT molecular complexity index is 1270. The highest BCUT2D eigenvalue weighted by Crippen LogP contribution is 2.45. The smallest absolute Gasteiger partial charge is 0.189 e. The van der Waals surface area contributed by atoms with E-state index in [-0.39, 0.29) is 0 Å². The van der Waals surface area contributed by atoms with Gasteiger partial charge < -0.3 is 4.90 Å². The van der Waals surface area contributed by atoms with E-state index in [0.717, 1.165) is 53.2 Å². The van der Waals surface area contributed by atoms with Gasteiger partial charge in [0.15, 0.2) is 11.0 Å². The van der Waals surface area contributed by atoms with Crippen molar-refractivity contribution in [2.45, 2.75) is 44.2 Å². The number of aryl methyl sites for hydroxylation is 1. The largest absolute Gasteiger partial charge is 0.355 e. The Hall–Kier alpha value is -2.18. The minimum Gasteiger partial charge on any atom is -0.355 e. The molecule has 4 aromatic rings. The van der Waals surface area contributed by atoms with Crippen LogP contribution in [0.4, 0.5) is 5.82 Å². The van der Waals surface area contributed by atoms with E-state index in [2.05, 4.69) is 48.4 Å². The fourth-order valence-electron chi connectivity index (χ4n) is 5.09. The summed E-state index contributed by atoms with van der Waals surface area (Å²) in [6, 6.07) is 10.7. The Balaban J connectivity index is 1.62. The molecule has 31 heavy (non-hydrogen) atoms. The topological polar surface area (TPSA) is 41.9 Å². The first-order valence-electron chi connectivity index (χ1n) is 11.2. The molecular weight excluding hydrogens is 420 g/mol. The van der Waals surface area contributed by atoms with Crippen molar-refractivity contribution < 1.29 is 0 Å². The van der Waals surface area contributed by atoms with Crippen molar-refractivity contribution in [3.63, 3.8) is 0 Å². The van der Waals surface area contributed by atoms with Crippen LogP contribution in [0.15, 0.2) is 35.5 Å². The van der Waals surface area contributed by atoms with Crippen LogP contribution in [0.1, 0.15) is 37.3 Å². The van der Waals surface area contributed by atoms with Gasteiger partial charge in [0.05, 0.1) is 15.9 Å². The van der Waals surface area contributed by atoms with Gasteiger partial charge in [-0.25, -0.2) is 15.0 Å². The summed E-state index contributed by atoms with van der Waals surface area (Å²) in [4.78, 5) is 18.9. The average Bonchev–Trinajstić information content (AvgIpc) is 3.43. The molecule has 0 saturated carbocycles. The Morgan fingerprint density at radius 1 is 1.00 bits per heavy atom. The van der Waals surface area contributed by atoms with Crippen LogP contribution in [0.3, 0.4) is 0 Å². The van der Waals surface area contributed by atoms with Crippen LogP contribution < -0.4 is 4.90 Å². The Kier molecular flexibility index (Phi) is 4.87. The Morgan fingerprint density at radius 2 is 1.77 bits per heavy atom. The van der Waals surface area contributed by atoms with E-state index in [0.29, 0.717) is 0 Å². The molecule has 4 nitrogen and oxygen atoms in total. The number of fused-ring (bicyclic) bond motifs is 5. The third-order valence-corrected chi connectivity index (χ3v) is 8.42. The van der Waals surface area contributed by atoms with Crippen molar-refractivity contribution >= 4 is 49.3 Å². The van der Waals surface area contributed by atoms with Crippen molar-refractivity contribution in [2.24, 2.45) is 5.92 Å². The van der Waals surface area contributed by atoms with Crippen LogP contribution in [-0.2, 0) is 12.8 Å². The van der Waals surface area contributed by atoms with E-state index in [1.54, 1.807) is 23.1 Å². The van der Waals surface area contributed by atoms with Crippen LogP contribution in [0.25, 0.3) is 31.7 Å². The van der Waals surface area contributed by atoms with Gasteiger partial charge in [-0.15, -0.1) is 11.3 Å². The molecule has 1 aromatic carbocycles. The molecule has 2 aliphatic rings. The second-order valence-electron chi connectivity index (χ2n) is 8.80. The highest BCUT2D eigenvalue weighted by atomic mass is 32.2. The molecule has 0 N–H and O–H groups in total. The highest BCUT2D eigenvalue weighted by Gasteiger charge is 2.27. The van der Waals surface area contributed by atoms with E-state index in [1.807, 2.05) is 0 Å². The van der Waals surface area contributed by atoms with Gasteiger partial charge in [0, 0.05) is 24.0 Å². The van der Waals surface area contributed by atoms with E-state index >= 15 is 0 Å². The maximum atomic E-state index is 5.23. The lowest BCUT2D eigenvalue weighted by Gasteiger charge is -2.31. The average molecular weight is 447 g/mol. The van der Waals surface area contributed by atoms with Gasteiger partial charge in [0.1, 0.15) is 4.83 Å². The summed E-state index contributed by atoms with van der Waals surface area (Å²) in [6.45, 7) is 4.52. The van der Waals surface area contributed by atoms with Crippen LogP contribution >= 0.6 is 23.1 Å². The zero-order valence-electron chi connectivity index (χ0n) is 18.0. The number of aromatic nitrogens is 3. The summed E-state index contributed by atoms with van der Waals surface area (Å²) in [5.74, 6) is 1.92. The molecule has 0 atom stereocenters. The lowest BCUT2D eigenvalue weighted by atomic mass is 9.99. The molecule has 6 heteroatoms. The molecule has 0 amide bonds. The van der Waals surface area contributed by atoms with E-state index in [1.165, 1.54) is 51.7 Å². The number of pyridine rings is 1. The Morgan fingerprint density at radius 3 is 2.55 bits per heavy atom. The molecule has 0 unspecified atom stereocenters. The van der Waals surface area contributed by atoms with Crippen LogP contribution in [0.2, 0.25) is 0 Å². The van der Waals surface area contributed by atoms with Crippen LogP contribution in [0, 0.1) is 5.92 Å². The molecule has 1 saturated heterocycles. The molecule has 0 bridgehead atoms. The van der Waals surface area contributed by atoms with Crippen molar-refractivity contribution in [2.75, 3.05) is 24.2 Å². The van der Waals surface area contributed by atoms with Gasteiger partial charge >= 0.3 is 0 Å². The van der Waals surface area contributed by atoms with Gasteiger partial charge in [0.25, 0.3) is 0 Å². The number of rotatable bonds is 3. The lowest BCUT2D eigenvalue weighted by Crippen LogP contribution is -2.33. The fourth-order valence-corrected chi connectivity index (χ4v) is 6.62. The summed E-state index contributed by atoms with van der Waals surface area (Å²) in [5.41, 5.74) is 6.41. The van der Waals surface area contributed by atoms with Crippen molar-refractivity contribution in [3.8, 4) is 11.3 Å². The molecule has 1 aliphatic heterocycles. The molecule has 0 radical (unpaired) electrons. The molecule has 1 aliphatic carbocycles. The third kappa shape index (κ3) is 3.23. The van der Waals surface area contributed by atoms with Crippen LogP contribution in [-0.4, -0.2) is 34.3 Å². The second kappa shape index (κ2) is 7.75. The summed E-state index contributed by atoms with van der Waals surface area (Å²) < 4.78 is 1.22. The maximum absolute atomic E-state index is 5.23. The number of anilines is 1. The quantitative estimate of drug-likeness (QED) is 0.271. The van der Waals surface area contributed by atoms with Gasteiger partial charge in [0.2, 0.25) is 0 Å². The van der Waals surface area contributed by atoms with Crippen LogP contribution in [0.5, 0.6) is 0 Å². The number of thiophene rings is 1. The third-order valence-electron chi connectivity index (χ3n) is 6.81. The van der Waals surface area contributed by atoms with Crippen molar-refractivity contribution in [1.82, 2.24) is 15.0 Å². The number of hydrogen-bond acceptors (Lipinski definition) is 6. The SMILES string of the molecule is CSc1nc(N2CCC(C)CC2)c2sc3nc(-c4ccccc4)c4c(c3c2n1)CCC4. The minimum atomic E-state index is 0.800. The van der Waals surface area contributed by atoms with Gasteiger partial charge in [-0.05, 0) is 55.4 Å². The summed E-state index contributed by atoms with van der Waals surface area (Å²) >= 11 is 3.43. The second-order valence-corrected chi connectivity index (χ2v) is 10.6. The summed E-state index contributed by atoms with van der Waals surface area (Å²) in [6.07, 6.45) is 7.97. The number of thioether (sulfide) groups is 1. The fraction of sp³-hybridized carbons (Fsp3) is 0.400. The molecule has 1 fully saturated rings. The first-order chi connectivity index (χ1) is 15.2. The van der Waals surface area contributed by atoms with E-state index in [4.69, 9.17) is 15.0 Å². The van der Waals surface area contributed by atoms with E-state index < -0.39 is 0 Å². The zero-order valence-corrected chi connectivity index (χ0v) is 19.7. The predicted octanol–water partition coefficient (Wildman–Crippen LogP) is 6.35. The van der Waals surface area contributed by atoms with Crippen molar-refractivity contribution in [1.29, 1.82) is 0 Å². The summed E-state index contributed by atoms with van der Waals surface area (Å²) in [5, 5.41) is 2.16. The Labute approximate surface area is 191 Å². The monoisotopic (exact) mass is 446 g/mol. The first-order valence-corrected chi connectivity index (χ1v) is 13.3. The molecule has 3 aromatic heterocycles. The molecule has 0 spiro atoms. The molecule has 6 rings (SSSR count). The maximum Gasteiger partial charge on any atom is 0.189 e. The number of hydrogen-bond donors (Lipinski definition) is 0. The van der Waals surface area contributed by atoms with Gasteiger partial charge in [-0.2, -0.15) is 0 Å². The lowest BCUT2D eigenvalue weighted by molar-refractivity contribution is 0.437. The van der Waals surface area contributed by atoms with Gasteiger partial charge in [-0.3, -0.25) is 0 Å².